The molecule has 0 aliphatic rings. The summed E-state index contributed by atoms with van der Waals surface area (Å²) in [6.07, 6.45) is 0.151. The predicted molar refractivity (Wildman–Crippen MR) is 86.0 cm³/mol. The summed E-state index contributed by atoms with van der Waals surface area (Å²) in [5.41, 5.74) is -0.0712. The molecule has 0 atom stereocenters. The second-order valence-corrected chi connectivity index (χ2v) is 7.51. The summed E-state index contributed by atoms with van der Waals surface area (Å²) < 4.78 is 0.982. The van der Waals surface area contributed by atoms with Crippen molar-refractivity contribution in [1.82, 2.24) is 5.32 Å². The van der Waals surface area contributed by atoms with Crippen molar-refractivity contribution in [3.05, 3.63) is 34.3 Å². The molecular formula is C16H22BrNO3. The Hall–Kier alpha value is -1.36. The van der Waals surface area contributed by atoms with E-state index in [2.05, 4.69) is 21.2 Å². The lowest BCUT2D eigenvalue weighted by molar-refractivity contribution is -0.139. The van der Waals surface area contributed by atoms with Crippen LogP contribution in [0, 0.1) is 5.41 Å². The molecule has 0 aromatic heterocycles. The number of carboxylic acid groups (broad SMARTS) is 1. The quantitative estimate of drug-likeness (QED) is 0.817. The summed E-state index contributed by atoms with van der Waals surface area (Å²) in [6.45, 7) is 7.43. The number of rotatable bonds is 6. The van der Waals surface area contributed by atoms with Gasteiger partial charge in [0.1, 0.15) is 0 Å². The van der Waals surface area contributed by atoms with Crippen molar-refractivity contribution in [2.45, 2.75) is 46.1 Å². The fourth-order valence-corrected chi connectivity index (χ4v) is 2.50. The first-order chi connectivity index (χ1) is 9.52. The number of benzene rings is 1. The molecular weight excluding hydrogens is 334 g/mol. The van der Waals surface area contributed by atoms with Crippen LogP contribution in [0.1, 0.15) is 46.1 Å². The molecule has 0 unspecified atom stereocenters. The van der Waals surface area contributed by atoms with Crippen molar-refractivity contribution in [2.75, 3.05) is 0 Å². The highest BCUT2D eigenvalue weighted by molar-refractivity contribution is 9.10. The van der Waals surface area contributed by atoms with Gasteiger partial charge in [0, 0.05) is 10.9 Å². The average molecular weight is 356 g/mol. The molecule has 2 N–H and O–H groups in total. The molecule has 0 fully saturated rings. The number of carboxylic acids is 1. The van der Waals surface area contributed by atoms with Gasteiger partial charge in [-0.1, -0.05) is 41.9 Å². The van der Waals surface area contributed by atoms with E-state index in [1.165, 1.54) is 0 Å². The third-order valence-electron chi connectivity index (χ3n) is 3.29. The number of carbonyl (C=O) groups is 2. The minimum atomic E-state index is -0.889. The molecule has 0 radical (unpaired) electrons. The lowest BCUT2D eigenvalue weighted by Crippen LogP contribution is -2.42. The molecule has 0 saturated carbocycles. The summed E-state index contributed by atoms with van der Waals surface area (Å²) in [4.78, 5) is 23.0. The highest BCUT2D eigenvalue weighted by atomic mass is 79.9. The van der Waals surface area contributed by atoms with Crippen LogP contribution in [0.3, 0.4) is 0 Å². The maximum atomic E-state index is 12.2. The first kappa shape index (κ1) is 17.7. The Balaban J connectivity index is 2.72. The average Bonchev–Trinajstić information content (AvgIpc) is 2.25. The van der Waals surface area contributed by atoms with Gasteiger partial charge in [-0.2, -0.15) is 0 Å². The van der Waals surface area contributed by atoms with Crippen molar-refractivity contribution >= 4 is 27.8 Å². The van der Waals surface area contributed by atoms with E-state index >= 15 is 0 Å². The molecule has 0 saturated heterocycles. The molecule has 4 nitrogen and oxygen atoms in total. The maximum Gasteiger partial charge on any atom is 0.303 e. The zero-order chi connectivity index (χ0) is 16.3. The fourth-order valence-electron chi connectivity index (χ4n) is 2.24. The van der Waals surface area contributed by atoms with E-state index in [1.807, 2.05) is 38.1 Å². The highest BCUT2D eigenvalue weighted by Gasteiger charge is 2.29. The van der Waals surface area contributed by atoms with Gasteiger partial charge in [-0.3, -0.25) is 9.59 Å². The van der Waals surface area contributed by atoms with Crippen LogP contribution in [0.2, 0.25) is 0 Å². The van der Waals surface area contributed by atoms with Crippen LogP contribution in [-0.2, 0) is 15.1 Å². The van der Waals surface area contributed by atoms with Crippen molar-refractivity contribution in [3.63, 3.8) is 0 Å². The van der Waals surface area contributed by atoms with E-state index in [0.717, 1.165) is 10.0 Å². The van der Waals surface area contributed by atoms with Gasteiger partial charge in [-0.15, -0.1) is 0 Å². The van der Waals surface area contributed by atoms with E-state index in [9.17, 15) is 9.59 Å². The molecule has 0 aliphatic heterocycles. The Morgan fingerprint density at radius 1 is 1.10 bits per heavy atom. The zero-order valence-electron chi connectivity index (χ0n) is 12.9. The van der Waals surface area contributed by atoms with Crippen LogP contribution in [0.5, 0.6) is 0 Å². The minimum absolute atomic E-state index is 0.0286. The Labute approximate surface area is 134 Å². The molecule has 1 aromatic carbocycles. The Bertz CT molecular complexity index is 521. The molecule has 0 aliphatic carbocycles. The van der Waals surface area contributed by atoms with Gasteiger partial charge in [-0.25, -0.2) is 0 Å². The summed E-state index contributed by atoms with van der Waals surface area (Å²) in [5.74, 6) is -1.03. The fraction of sp³-hybridized carbons (Fsp3) is 0.500. The monoisotopic (exact) mass is 355 g/mol. The smallest absolute Gasteiger partial charge is 0.303 e. The Morgan fingerprint density at radius 3 is 2.10 bits per heavy atom. The van der Waals surface area contributed by atoms with Gasteiger partial charge < -0.3 is 10.4 Å². The molecule has 1 aromatic rings. The molecule has 5 heteroatoms. The molecule has 1 rings (SSSR count). The lowest BCUT2D eigenvalue weighted by Gasteiger charge is -2.29. The van der Waals surface area contributed by atoms with Gasteiger partial charge >= 0.3 is 5.97 Å². The third kappa shape index (κ3) is 5.87. The number of hydrogen-bond donors (Lipinski definition) is 2. The minimum Gasteiger partial charge on any atom is -0.481 e. The normalized spacial score (nSPS) is 12.0. The number of aliphatic carboxylic acids is 1. The number of hydrogen-bond acceptors (Lipinski definition) is 2. The standard InChI is InChI=1S/C16H22BrNO3/c1-15(2,10-14(20)21)9-13(19)18-16(3,4)11-5-7-12(17)8-6-11/h5-8H,9-10H2,1-4H3,(H,18,19)(H,20,21). The lowest BCUT2D eigenvalue weighted by atomic mass is 9.84. The topological polar surface area (TPSA) is 66.4 Å². The van der Waals surface area contributed by atoms with E-state index in [-0.39, 0.29) is 18.7 Å². The van der Waals surface area contributed by atoms with Crippen LogP contribution >= 0.6 is 15.9 Å². The number of nitrogens with one attached hydrogen (secondary N) is 1. The molecule has 21 heavy (non-hydrogen) atoms. The van der Waals surface area contributed by atoms with Gasteiger partial charge in [0.05, 0.1) is 12.0 Å². The van der Waals surface area contributed by atoms with Crippen LogP contribution in [-0.4, -0.2) is 17.0 Å². The zero-order valence-corrected chi connectivity index (χ0v) is 14.5. The summed E-state index contributed by atoms with van der Waals surface area (Å²) >= 11 is 3.38. The Morgan fingerprint density at radius 2 is 1.62 bits per heavy atom. The van der Waals surface area contributed by atoms with E-state index in [4.69, 9.17) is 5.11 Å². The van der Waals surface area contributed by atoms with E-state index in [1.54, 1.807) is 13.8 Å². The molecule has 1 amide bonds. The predicted octanol–water partition coefficient (Wildman–Crippen LogP) is 3.69. The van der Waals surface area contributed by atoms with Gasteiger partial charge in [0.2, 0.25) is 5.91 Å². The largest absolute Gasteiger partial charge is 0.481 e. The molecule has 0 spiro atoms. The maximum absolute atomic E-state index is 12.2. The third-order valence-corrected chi connectivity index (χ3v) is 3.82. The molecule has 0 bridgehead atoms. The van der Waals surface area contributed by atoms with Crippen LogP contribution in [0.25, 0.3) is 0 Å². The summed E-state index contributed by atoms with van der Waals surface area (Å²) in [5, 5.41) is 11.8. The van der Waals surface area contributed by atoms with Crippen LogP contribution in [0.4, 0.5) is 0 Å². The van der Waals surface area contributed by atoms with Crippen molar-refractivity contribution in [2.24, 2.45) is 5.41 Å². The number of amides is 1. The first-order valence-corrected chi connectivity index (χ1v) is 7.60. The van der Waals surface area contributed by atoms with Crippen LogP contribution in [0.15, 0.2) is 28.7 Å². The first-order valence-electron chi connectivity index (χ1n) is 6.81. The number of halogens is 1. The second kappa shape index (κ2) is 6.60. The van der Waals surface area contributed by atoms with Crippen molar-refractivity contribution in [1.29, 1.82) is 0 Å². The second-order valence-electron chi connectivity index (χ2n) is 6.59. The van der Waals surface area contributed by atoms with Crippen LogP contribution < -0.4 is 5.32 Å². The Kier molecular flexibility index (Phi) is 5.56. The molecule has 0 heterocycles. The van der Waals surface area contributed by atoms with Crippen molar-refractivity contribution < 1.29 is 14.7 Å². The van der Waals surface area contributed by atoms with Gasteiger partial charge in [-0.05, 0) is 37.0 Å². The highest BCUT2D eigenvalue weighted by Crippen LogP contribution is 2.27. The van der Waals surface area contributed by atoms with Gasteiger partial charge in [0.15, 0.2) is 0 Å². The number of carbonyl (C=O) groups excluding carboxylic acids is 1. The molecule has 116 valence electrons. The van der Waals surface area contributed by atoms with Gasteiger partial charge in [0.25, 0.3) is 0 Å². The van der Waals surface area contributed by atoms with E-state index in [0.29, 0.717) is 0 Å². The van der Waals surface area contributed by atoms with E-state index < -0.39 is 16.9 Å². The summed E-state index contributed by atoms with van der Waals surface area (Å²) in [7, 11) is 0. The summed E-state index contributed by atoms with van der Waals surface area (Å²) in [6, 6.07) is 7.76. The SMILES string of the molecule is CC(C)(CC(=O)O)CC(=O)NC(C)(C)c1ccc(Br)cc1. The van der Waals surface area contributed by atoms with Crippen molar-refractivity contribution in [3.8, 4) is 0 Å².